The van der Waals surface area contributed by atoms with Crippen LogP contribution in [0.3, 0.4) is 0 Å². The number of aliphatic hydroxyl groups excluding tert-OH is 1. The van der Waals surface area contributed by atoms with E-state index in [-0.39, 0.29) is 29.1 Å². The third-order valence-electron chi connectivity index (χ3n) is 5.93. The standard InChI is InChI=1S/C23H41NO4/c1-16(28-24-22(5,6)14-9-15-23(24,7)8)10-11-17-12-13-18(25)19(17)20(26)27-21(2,3)4/h10-11,16-19,25H,9,12-15H2,1-8H3/b11-10+/t16-,17-,18-,19-/m0/s1. The van der Waals surface area contributed by atoms with E-state index in [4.69, 9.17) is 9.57 Å². The second kappa shape index (κ2) is 8.45. The summed E-state index contributed by atoms with van der Waals surface area (Å²) in [4.78, 5) is 18.9. The highest BCUT2D eigenvalue weighted by molar-refractivity contribution is 5.74. The van der Waals surface area contributed by atoms with Crippen molar-refractivity contribution in [2.75, 3.05) is 0 Å². The summed E-state index contributed by atoms with van der Waals surface area (Å²) in [6.45, 7) is 16.5. The average Bonchev–Trinajstić information content (AvgIpc) is 2.88. The van der Waals surface area contributed by atoms with Gasteiger partial charge in [0.15, 0.2) is 0 Å². The molecule has 2 rings (SSSR count). The van der Waals surface area contributed by atoms with E-state index in [0.29, 0.717) is 6.42 Å². The van der Waals surface area contributed by atoms with Crippen LogP contribution in [0.15, 0.2) is 12.2 Å². The Labute approximate surface area is 171 Å². The van der Waals surface area contributed by atoms with Crippen molar-refractivity contribution in [3.63, 3.8) is 0 Å². The molecule has 5 nitrogen and oxygen atoms in total. The molecule has 0 aromatic rings. The van der Waals surface area contributed by atoms with Crippen LogP contribution in [0.25, 0.3) is 0 Å². The Hall–Kier alpha value is -0.910. The first kappa shape index (κ1) is 23.4. The SMILES string of the molecule is C[C@@H](/C=C/[C@H]1CC[C@H](O)[C@H]1C(=O)OC(C)(C)C)ON1C(C)(C)CCCC1(C)C. The van der Waals surface area contributed by atoms with Gasteiger partial charge in [0, 0.05) is 11.1 Å². The smallest absolute Gasteiger partial charge is 0.312 e. The molecule has 4 atom stereocenters. The van der Waals surface area contributed by atoms with Crippen molar-refractivity contribution in [1.29, 1.82) is 0 Å². The molecule has 0 aromatic heterocycles. The first-order valence-electron chi connectivity index (χ1n) is 10.8. The number of nitrogens with zero attached hydrogens (tertiary/aromatic N) is 1. The first-order chi connectivity index (χ1) is 12.7. The molecule has 0 spiro atoms. The fourth-order valence-electron chi connectivity index (χ4n) is 4.69. The Bertz CT molecular complexity index is 560. The molecule has 1 saturated heterocycles. The highest BCUT2D eigenvalue weighted by atomic mass is 16.7. The van der Waals surface area contributed by atoms with Gasteiger partial charge in [0.25, 0.3) is 0 Å². The maximum Gasteiger partial charge on any atom is 0.312 e. The zero-order chi connectivity index (χ0) is 21.3. The quantitative estimate of drug-likeness (QED) is 0.543. The molecule has 2 aliphatic rings. The predicted octanol–water partition coefficient (Wildman–Crippen LogP) is 4.63. The topological polar surface area (TPSA) is 59.0 Å². The Kier molecular flexibility index (Phi) is 7.05. The number of hydrogen-bond acceptors (Lipinski definition) is 5. The fourth-order valence-corrected chi connectivity index (χ4v) is 4.69. The molecule has 1 aliphatic heterocycles. The van der Waals surface area contributed by atoms with Crippen molar-refractivity contribution < 1.29 is 19.5 Å². The Morgan fingerprint density at radius 1 is 1.14 bits per heavy atom. The van der Waals surface area contributed by atoms with Crippen molar-refractivity contribution in [1.82, 2.24) is 5.06 Å². The minimum absolute atomic E-state index is 0.00749. The number of allylic oxidation sites excluding steroid dienone is 1. The summed E-state index contributed by atoms with van der Waals surface area (Å²) in [6, 6.07) is 0. The second-order valence-electron chi connectivity index (χ2n) is 10.8. The van der Waals surface area contributed by atoms with Gasteiger partial charge in [0.1, 0.15) is 5.60 Å². The summed E-state index contributed by atoms with van der Waals surface area (Å²) in [7, 11) is 0. The number of hydrogen-bond donors (Lipinski definition) is 1. The fraction of sp³-hybridized carbons (Fsp3) is 0.870. The van der Waals surface area contributed by atoms with Gasteiger partial charge in [-0.25, -0.2) is 0 Å². The summed E-state index contributed by atoms with van der Waals surface area (Å²) < 4.78 is 5.53. The molecule has 0 radical (unpaired) electrons. The molecule has 1 aliphatic carbocycles. The van der Waals surface area contributed by atoms with Crippen molar-refractivity contribution in [2.45, 2.75) is 116 Å². The number of piperidine rings is 1. The molecular weight excluding hydrogens is 354 g/mol. The number of ether oxygens (including phenoxy) is 1. The van der Waals surface area contributed by atoms with Gasteiger partial charge in [0.05, 0.1) is 18.1 Å². The summed E-state index contributed by atoms with van der Waals surface area (Å²) in [5.41, 5.74) is -0.561. The van der Waals surface area contributed by atoms with E-state index in [1.54, 1.807) is 0 Å². The Balaban J connectivity index is 2.04. The second-order valence-corrected chi connectivity index (χ2v) is 10.8. The lowest BCUT2D eigenvalue weighted by atomic mass is 9.82. The summed E-state index contributed by atoms with van der Waals surface area (Å²) in [5.74, 6) is -0.817. The molecule has 1 saturated carbocycles. The molecular formula is C23H41NO4. The Morgan fingerprint density at radius 2 is 1.71 bits per heavy atom. The molecule has 5 heteroatoms. The van der Waals surface area contributed by atoms with E-state index in [9.17, 15) is 9.90 Å². The highest BCUT2D eigenvalue weighted by Crippen LogP contribution is 2.39. The molecule has 0 unspecified atom stereocenters. The van der Waals surface area contributed by atoms with Gasteiger partial charge in [-0.2, -0.15) is 5.06 Å². The number of rotatable bonds is 5. The van der Waals surface area contributed by atoms with Gasteiger partial charge in [0.2, 0.25) is 0 Å². The van der Waals surface area contributed by atoms with Crippen LogP contribution in [0.5, 0.6) is 0 Å². The van der Waals surface area contributed by atoms with Gasteiger partial charge in [-0.15, -0.1) is 0 Å². The van der Waals surface area contributed by atoms with Crippen LogP contribution in [0, 0.1) is 11.8 Å². The number of aliphatic hydroxyl groups is 1. The lowest BCUT2D eigenvalue weighted by molar-refractivity contribution is -0.293. The van der Waals surface area contributed by atoms with Crippen molar-refractivity contribution in [2.24, 2.45) is 11.8 Å². The largest absolute Gasteiger partial charge is 0.460 e. The lowest BCUT2D eigenvalue weighted by Gasteiger charge is -2.52. The van der Waals surface area contributed by atoms with E-state index in [2.05, 4.69) is 32.8 Å². The molecule has 0 bridgehead atoms. The molecule has 2 fully saturated rings. The van der Waals surface area contributed by atoms with E-state index in [1.807, 2.05) is 39.8 Å². The molecule has 0 amide bonds. The Morgan fingerprint density at radius 3 is 2.25 bits per heavy atom. The lowest BCUT2D eigenvalue weighted by Crippen LogP contribution is -2.58. The van der Waals surface area contributed by atoms with Crippen LogP contribution in [-0.4, -0.2) is 45.0 Å². The van der Waals surface area contributed by atoms with Crippen LogP contribution in [0.2, 0.25) is 0 Å². The predicted molar refractivity (Wildman–Crippen MR) is 112 cm³/mol. The van der Waals surface area contributed by atoms with E-state index in [0.717, 1.165) is 19.3 Å². The van der Waals surface area contributed by atoms with Crippen LogP contribution in [0.1, 0.15) is 87.5 Å². The highest BCUT2D eigenvalue weighted by Gasteiger charge is 2.44. The number of carbonyl (C=O) groups is 1. The van der Waals surface area contributed by atoms with Gasteiger partial charge in [-0.05, 0) is 93.4 Å². The maximum absolute atomic E-state index is 12.6. The first-order valence-corrected chi connectivity index (χ1v) is 10.8. The van der Waals surface area contributed by atoms with Crippen molar-refractivity contribution >= 4 is 5.97 Å². The number of carbonyl (C=O) groups excluding carboxylic acids is 1. The normalized spacial score (nSPS) is 31.8. The number of esters is 1. The van der Waals surface area contributed by atoms with Gasteiger partial charge >= 0.3 is 5.97 Å². The van der Waals surface area contributed by atoms with Crippen LogP contribution < -0.4 is 0 Å². The van der Waals surface area contributed by atoms with Crippen LogP contribution in [0.4, 0.5) is 0 Å². The van der Waals surface area contributed by atoms with Crippen molar-refractivity contribution in [3.05, 3.63) is 12.2 Å². The molecule has 0 aromatic carbocycles. The molecule has 162 valence electrons. The minimum atomic E-state index is -0.638. The maximum atomic E-state index is 12.6. The molecule has 28 heavy (non-hydrogen) atoms. The summed E-state index contributed by atoms with van der Waals surface area (Å²) in [6.07, 6.45) is 8.18. The zero-order valence-electron chi connectivity index (χ0n) is 19.1. The van der Waals surface area contributed by atoms with Gasteiger partial charge in [-0.3, -0.25) is 9.63 Å². The van der Waals surface area contributed by atoms with Crippen LogP contribution >= 0.6 is 0 Å². The minimum Gasteiger partial charge on any atom is -0.460 e. The van der Waals surface area contributed by atoms with E-state index < -0.39 is 17.6 Å². The monoisotopic (exact) mass is 395 g/mol. The average molecular weight is 396 g/mol. The third-order valence-corrected chi connectivity index (χ3v) is 5.93. The summed E-state index contributed by atoms with van der Waals surface area (Å²) >= 11 is 0. The van der Waals surface area contributed by atoms with E-state index in [1.165, 1.54) is 6.42 Å². The van der Waals surface area contributed by atoms with Gasteiger partial charge in [-0.1, -0.05) is 12.2 Å². The van der Waals surface area contributed by atoms with Crippen molar-refractivity contribution in [3.8, 4) is 0 Å². The van der Waals surface area contributed by atoms with E-state index >= 15 is 0 Å². The summed E-state index contributed by atoms with van der Waals surface area (Å²) in [5, 5.41) is 12.5. The van der Waals surface area contributed by atoms with Gasteiger partial charge < -0.3 is 9.84 Å². The zero-order valence-corrected chi connectivity index (χ0v) is 19.1. The van der Waals surface area contributed by atoms with Crippen LogP contribution in [-0.2, 0) is 14.4 Å². The molecule has 1 heterocycles. The number of hydroxylamine groups is 2. The molecule has 1 N–H and O–H groups in total. The third kappa shape index (κ3) is 5.80.